The quantitative estimate of drug-likeness (QED) is 0.576. The normalized spacial score (nSPS) is 21.3. The van der Waals surface area contributed by atoms with Crippen LogP contribution < -0.4 is 14.8 Å². The number of carbonyl (C=O) groups is 1. The minimum atomic E-state index is -2.05. The topological polar surface area (TPSA) is 56.8 Å². The van der Waals surface area contributed by atoms with E-state index in [-0.39, 0.29) is 16.3 Å². The Hall–Kier alpha value is -1.58. The average molecular weight is 464 g/mol. The van der Waals surface area contributed by atoms with Gasteiger partial charge in [0.1, 0.15) is 0 Å². The number of hydrogen-bond donors (Lipinski definition) is 1. The Balaban J connectivity index is 2.55. The molecule has 0 saturated heterocycles. The molecule has 1 aromatic carbocycles. The second-order valence-corrected chi connectivity index (χ2v) is 18.0. The summed E-state index contributed by atoms with van der Waals surface area (Å²) in [7, 11) is -0.664. The van der Waals surface area contributed by atoms with E-state index in [2.05, 4.69) is 65.2 Å². The Labute approximate surface area is 191 Å². The van der Waals surface area contributed by atoms with Crippen molar-refractivity contribution in [2.75, 3.05) is 20.8 Å². The molecule has 1 N–H and O–H groups in total. The summed E-state index contributed by atoms with van der Waals surface area (Å²) in [5, 5.41) is 3.30. The minimum Gasteiger partial charge on any atom is -0.493 e. The van der Waals surface area contributed by atoms with E-state index in [0.717, 1.165) is 23.6 Å². The summed E-state index contributed by atoms with van der Waals surface area (Å²) in [5.74, 6) is 1.88. The number of methoxy groups -OCH3 is 2. The van der Waals surface area contributed by atoms with Crippen LogP contribution in [0.25, 0.3) is 6.08 Å². The molecule has 5 nitrogen and oxygen atoms in total. The molecule has 7 heteroatoms. The lowest BCUT2D eigenvalue weighted by Gasteiger charge is -2.40. The lowest BCUT2D eigenvalue weighted by Crippen LogP contribution is -2.53. The van der Waals surface area contributed by atoms with Crippen LogP contribution in [0.1, 0.15) is 45.7 Å². The summed E-state index contributed by atoms with van der Waals surface area (Å²) >= 11 is 0. The zero-order valence-electron chi connectivity index (χ0n) is 20.8. The smallest absolute Gasteiger partial charge is 0.192 e. The maximum absolute atomic E-state index is 13.3. The summed E-state index contributed by atoms with van der Waals surface area (Å²) < 4.78 is 17.9. The van der Waals surface area contributed by atoms with Gasteiger partial charge in [0.2, 0.25) is 0 Å². The maximum atomic E-state index is 13.3. The first-order valence-electron chi connectivity index (χ1n) is 11.3. The van der Waals surface area contributed by atoms with E-state index in [9.17, 15) is 4.79 Å². The van der Waals surface area contributed by atoms with Gasteiger partial charge < -0.3 is 19.2 Å². The molecule has 1 aromatic rings. The molecule has 2 rings (SSSR count). The van der Waals surface area contributed by atoms with E-state index in [1.54, 1.807) is 14.2 Å². The molecule has 0 aliphatic carbocycles. The van der Waals surface area contributed by atoms with Crippen LogP contribution >= 0.6 is 0 Å². The molecule has 0 aromatic heterocycles. The van der Waals surface area contributed by atoms with Crippen LogP contribution in [0.2, 0.25) is 24.2 Å². The minimum absolute atomic E-state index is 0.0813. The fourth-order valence-electron chi connectivity index (χ4n) is 3.63. The zero-order chi connectivity index (χ0) is 23.4. The fraction of sp³-hybridized carbons (Fsp3) is 0.625. The van der Waals surface area contributed by atoms with Crippen molar-refractivity contribution < 1.29 is 18.7 Å². The number of ether oxygens (including phenoxy) is 2. The van der Waals surface area contributed by atoms with Gasteiger partial charge in [-0.3, -0.25) is 4.79 Å². The van der Waals surface area contributed by atoms with Crippen molar-refractivity contribution in [2.24, 2.45) is 5.92 Å². The first-order chi connectivity index (χ1) is 14.4. The van der Waals surface area contributed by atoms with Gasteiger partial charge in [-0.05, 0) is 59.8 Å². The lowest BCUT2D eigenvalue weighted by atomic mass is 10.0. The molecule has 31 heavy (non-hydrogen) atoms. The number of fused-ring (bicyclic) bond motifs is 1. The van der Waals surface area contributed by atoms with Gasteiger partial charge in [-0.25, -0.2) is 0 Å². The van der Waals surface area contributed by atoms with Crippen molar-refractivity contribution in [1.29, 1.82) is 0 Å². The van der Waals surface area contributed by atoms with Gasteiger partial charge in [0.05, 0.1) is 19.9 Å². The molecule has 0 fully saturated rings. The highest BCUT2D eigenvalue weighted by molar-refractivity contribution is 6.91. The van der Waals surface area contributed by atoms with Crippen LogP contribution in [0.5, 0.6) is 11.5 Å². The van der Waals surface area contributed by atoms with E-state index in [4.69, 9.17) is 13.9 Å². The van der Waals surface area contributed by atoms with E-state index in [1.807, 2.05) is 12.1 Å². The number of hydrogen-bond acceptors (Lipinski definition) is 4. The Kier molecular flexibility index (Phi) is 8.58. The van der Waals surface area contributed by atoms with Crippen LogP contribution in [0, 0.1) is 5.92 Å². The number of carbonyl (C=O) groups excluding carboxylic acids is 1. The van der Waals surface area contributed by atoms with Gasteiger partial charge in [-0.1, -0.05) is 46.8 Å². The van der Waals surface area contributed by atoms with E-state index >= 15 is 0 Å². The predicted octanol–water partition coefficient (Wildman–Crippen LogP) is 5.38. The second kappa shape index (κ2) is 10.4. The first-order valence-corrected chi connectivity index (χ1v) is 16.2. The van der Waals surface area contributed by atoms with Crippen molar-refractivity contribution >= 4 is 28.7 Å². The van der Waals surface area contributed by atoms with Gasteiger partial charge in [-0.2, -0.15) is 0 Å². The standard InChI is InChI=1S/C24H41NO4Si2/c1-17(2)16-30-22(29-31(8,9)24(3,4)5)11-10-18-14-20(27-6)21(28-7)15-19(18)12-13-25-23(30)26/h10-11,14-15,17,22,30H,12-13,16H2,1-9H3,(H,25,26)/b11-10+/t22?,30-/m0/s1. The molecule has 1 unspecified atom stereocenters. The third-order valence-corrected chi connectivity index (χ3v) is 14.7. The summed E-state index contributed by atoms with van der Waals surface area (Å²) in [6.45, 7) is 16.3. The summed E-state index contributed by atoms with van der Waals surface area (Å²) in [6, 6.07) is 4.96. The largest absolute Gasteiger partial charge is 0.493 e. The molecule has 174 valence electrons. The molecular weight excluding hydrogens is 422 g/mol. The maximum Gasteiger partial charge on any atom is 0.192 e. The molecule has 1 aliphatic heterocycles. The summed E-state index contributed by atoms with van der Waals surface area (Å²) in [4.78, 5) is 13.3. The van der Waals surface area contributed by atoms with Gasteiger partial charge in [0.25, 0.3) is 0 Å². The Bertz CT molecular complexity index is 800. The molecule has 0 bridgehead atoms. The first kappa shape index (κ1) is 25.7. The molecule has 0 saturated carbocycles. The SMILES string of the molecule is COc1cc2c(cc1OC)CCNC(=O)[Si@@H](CC(C)C)C(O[Si](C)(C)C(C)(C)C)/C=C/2. The van der Waals surface area contributed by atoms with Crippen molar-refractivity contribution in [2.45, 2.75) is 70.9 Å². The van der Waals surface area contributed by atoms with Gasteiger partial charge in [-0.15, -0.1) is 0 Å². The number of rotatable bonds is 6. The molecule has 0 spiro atoms. The van der Waals surface area contributed by atoms with Crippen LogP contribution in [0.4, 0.5) is 4.79 Å². The number of amides is 1. The van der Waals surface area contributed by atoms with Crippen molar-refractivity contribution in [3.8, 4) is 11.5 Å². The van der Waals surface area contributed by atoms with E-state index < -0.39 is 17.1 Å². The van der Waals surface area contributed by atoms with Crippen molar-refractivity contribution in [3.05, 3.63) is 29.3 Å². The van der Waals surface area contributed by atoms with Crippen LogP contribution in [0.15, 0.2) is 18.2 Å². The van der Waals surface area contributed by atoms with E-state index in [1.165, 1.54) is 0 Å². The average Bonchev–Trinajstić information content (AvgIpc) is 2.67. The fourth-order valence-corrected chi connectivity index (χ4v) is 9.00. The lowest BCUT2D eigenvalue weighted by molar-refractivity contribution is 0.252. The Morgan fingerprint density at radius 3 is 2.32 bits per heavy atom. The third kappa shape index (κ3) is 6.46. The van der Waals surface area contributed by atoms with Crippen molar-refractivity contribution in [1.82, 2.24) is 5.32 Å². The Morgan fingerprint density at radius 1 is 1.16 bits per heavy atom. The van der Waals surface area contributed by atoms with Gasteiger partial charge in [0, 0.05) is 6.54 Å². The predicted molar refractivity (Wildman–Crippen MR) is 135 cm³/mol. The Morgan fingerprint density at radius 2 is 1.77 bits per heavy atom. The van der Waals surface area contributed by atoms with Crippen molar-refractivity contribution in [3.63, 3.8) is 0 Å². The number of nitrogens with one attached hydrogen (secondary N) is 1. The molecule has 1 heterocycles. The highest BCUT2D eigenvalue weighted by Gasteiger charge is 2.42. The molecule has 2 atom stereocenters. The zero-order valence-corrected chi connectivity index (χ0v) is 23.0. The molecule has 1 aliphatic rings. The number of benzene rings is 1. The highest BCUT2D eigenvalue weighted by atomic mass is 28.4. The molecular formula is C24H41NO4Si2. The molecule has 1 amide bonds. The second-order valence-electron chi connectivity index (χ2n) is 10.4. The van der Waals surface area contributed by atoms with Crippen LogP contribution in [0.3, 0.4) is 0 Å². The highest BCUT2D eigenvalue weighted by Crippen LogP contribution is 2.38. The summed E-state index contributed by atoms with van der Waals surface area (Å²) in [5.41, 5.74) is 2.30. The van der Waals surface area contributed by atoms with Crippen LogP contribution in [-0.2, 0) is 10.8 Å². The van der Waals surface area contributed by atoms with Crippen LogP contribution in [-0.4, -0.2) is 49.1 Å². The van der Waals surface area contributed by atoms with E-state index in [0.29, 0.717) is 24.0 Å². The van der Waals surface area contributed by atoms with Gasteiger partial charge in [0.15, 0.2) is 34.1 Å². The monoisotopic (exact) mass is 463 g/mol. The summed E-state index contributed by atoms with van der Waals surface area (Å²) in [6.07, 6.45) is 5.03. The van der Waals surface area contributed by atoms with Gasteiger partial charge >= 0.3 is 0 Å². The molecule has 0 radical (unpaired) electrons. The third-order valence-electron chi connectivity index (χ3n) is 6.50.